The molecule has 0 aliphatic rings. The van der Waals surface area contributed by atoms with E-state index in [0.717, 1.165) is 15.6 Å². The number of aryl methyl sites for hydroxylation is 1. The number of benzene rings is 2. The van der Waals surface area contributed by atoms with Gasteiger partial charge in [0, 0.05) is 23.3 Å². The normalized spacial score (nSPS) is 12.8. The van der Waals surface area contributed by atoms with Gasteiger partial charge < -0.3 is 5.73 Å². The third-order valence-corrected chi connectivity index (χ3v) is 3.76. The lowest BCUT2D eigenvalue weighted by atomic mass is 9.99. The molecule has 1 atom stereocenters. The van der Waals surface area contributed by atoms with Gasteiger partial charge in [-0.15, -0.1) is 0 Å². The second-order valence-corrected chi connectivity index (χ2v) is 5.59. The van der Waals surface area contributed by atoms with Gasteiger partial charge in [-0.05, 0) is 34.5 Å². The Kier molecular flexibility index (Phi) is 3.12. The molecule has 3 rings (SSSR count). The molecule has 3 nitrogen and oxygen atoms in total. The van der Waals surface area contributed by atoms with Crippen molar-refractivity contribution in [1.82, 2.24) is 9.78 Å². The molecule has 0 fully saturated rings. The summed E-state index contributed by atoms with van der Waals surface area (Å²) in [7, 11) is 1.90. The van der Waals surface area contributed by atoms with E-state index < -0.39 is 0 Å². The minimum absolute atomic E-state index is 0.137. The smallest absolute Gasteiger partial charge is 0.0583 e. The molecule has 2 aromatic carbocycles. The van der Waals surface area contributed by atoms with Gasteiger partial charge in [0.2, 0.25) is 0 Å². The summed E-state index contributed by atoms with van der Waals surface area (Å²) >= 11 is 3.48. The Morgan fingerprint density at radius 2 is 1.84 bits per heavy atom. The second kappa shape index (κ2) is 4.79. The fraction of sp³-hybridized carbons (Fsp3) is 0.133. The number of nitrogens with zero attached hydrogens (tertiary/aromatic N) is 2. The number of rotatable bonds is 2. The van der Waals surface area contributed by atoms with E-state index in [1.54, 1.807) is 4.68 Å². The van der Waals surface area contributed by atoms with Crippen LogP contribution in [0, 0.1) is 0 Å². The van der Waals surface area contributed by atoms with E-state index in [2.05, 4.69) is 51.4 Å². The summed E-state index contributed by atoms with van der Waals surface area (Å²) in [5.41, 5.74) is 8.41. The van der Waals surface area contributed by atoms with E-state index in [9.17, 15) is 0 Å². The van der Waals surface area contributed by atoms with Gasteiger partial charge in [-0.25, -0.2) is 0 Å². The van der Waals surface area contributed by atoms with Crippen molar-refractivity contribution in [2.45, 2.75) is 6.04 Å². The van der Waals surface area contributed by atoms with E-state index in [1.165, 1.54) is 10.8 Å². The van der Waals surface area contributed by atoms with Gasteiger partial charge in [0.05, 0.1) is 12.2 Å². The van der Waals surface area contributed by atoms with Crippen LogP contribution in [0.4, 0.5) is 0 Å². The first kappa shape index (κ1) is 12.4. The summed E-state index contributed by atoms with van der Waals surface area (Å²) in [5, 5.41) is 6.57. The molecule has 3 aromatic rings. The topological polar surface area (TPSA) is 43.8 Å². The molecule has 19 heavy (non-hydrogen) atoms. The van der Waals surface area contributed by atoms with Gasteiger partial charge >= 0.3 is 0 Å². The van der Waals surface area contributed by atoms with Gasteiger partial charge in [0.25, 0.3) is 0 Å². The molecule has 0 aliphatic heterocycles. The van der Waals surface area contributed by atoms with Crippen LogP contribution in [0.5, 0.6) is 0 Å². The van der Waals surface area contributed by atoms with Crippen LogP contribution >= 0.6 is 15.9 Å². The Bertz CT molecular complexity index is 733. The molecular formula is C15H14BrN3. The molecule has 0 saturated carbocycles. The predicted molar refractivity (Wildman–Crippen MR) is 80.9 cm³/mol. The number of hydrogen-bond donors (Lipinski definition) is 1. The molecule has 96 valence electrons. The van der Waals surface area contributed by atoms with Crippen molar-refractivity contribution in [1.29, 1.82) is 0 Å². The maximum Gasteiger partial charge on any atom is 0.0583 e. The second-order valence-electron chi connectivity index (χ2n) is 4.68. The average molecular weight is 316 g/mol. The maximum atomic E-state index is 6.29. The third-order valence-electron chi connectivity index (χ3n) is 3.27. The Labute approximate surface area is 120 Å². The van der Waals surface area contributed by atoms with E-state index in [4.69, 9.17) is 5.73 Å². The average Bonchev–Trinajstić information content (AvgIpc) is 2.84. The summed E-state index contributed by atoms with van der Waals surface area (Å²) in [6.07, 6.45) is 3.77. The molecule has 0 saturated heterocycles. The van der Waals surface area contributed by atoms with E-state index in [-0.39, 0.29) is 6.04 Å². The maximum absolute atomic E-state index is 6.29. The first-order chi connectivity index (χ1) is 9.13. The van der Waals surface area contributed by atoms with Gasteiger partial charge in [-0.1, -0.05) is 34.1 Å². The summed E-state index contributed by atoms with van der Waals surface area (Å²) in [6, 6.07) is 12.4. The first-order valence-electron chi connectivity index (χ1n) is 6.07. The summed E-state index contributed by atoms with van der Waals surface area (Å²) in [6.45, 7) is 0. The zero-order valence-electron chi connectivity index (χ0n) is 10.5. The molecule has 0 amide bonds. The van der Waals surface area contributed by atoms with Crippen molar-refractivity contribution < 1.29 is 0 Å². The van der Waals surface area contributed by atoms with Gasteiger partial charge in [-0.3, -0.25) is 4.68 Å². The lowest BCUT2D eigenvalue weighted by Gasteiger charge is -2.11. The summed E-state index contributed by atoms with van der Waals surface area (Å²) in [5.74, 6) is 0. The molecule has 2 N–H and O–H groups in total. The van der Waals surface area contributed by atoms with Crippen LogP contribution in [-0.4, -0.2) is 9.78 Å². The fourth-order valence-corrected chi connectivity index (χ4v) is 2.60. The minimum atomic E-state index is -0.137. The molecule has 0 radical (unpaired) electrons. The highest BCUT2D eigenvalue weighted by molar-refractivity contribution is 9.10. The highest BCUT2D eigenvalue weighted by Gasteiger charge is 2.11. The molecule has 0 spiro atoms. The van der Waals surface area contributed by atoms with Crippen molar-refractivity contribution in [3.8, 4) is 0 Å². The van der Waals surface area contributed by atoms with Crippen LogP contribution in [0.2, 0.25) is 0 Å². The lowest BCUT2D eigenvalue weighted by Crippen LogP contribution is -2.10. The van der Waals surface area contributed by atoms with Crippen molar-refractivity contribution in [2.24, 2.45) is 12.8 Å². The molecule has 1 heterocycles. The number of hydrogen-bond acceptors (Lipinski definition) is 2. The monoisotopic (exact) mass is 315 g/mol. The van der Waals surface area contributed by atoms with Crippen LogP contribution in [0.1, 0.15) is 17.2 Å². The lowest BCUT2D eigenvalue weighted by molar-refractivity contribution is 0.765. The zero-order valence-corrected chi connectivity index (χ0v) is 12.1. The third kappa shape index (κ3) is 2.41. The Hall–Kier alpha value is -1.65. The molecular weight excluding hydrogens is 302 g/mol. The summed E-state index contributed by atoms with van der Waals surface area (Å²) in [4.78, 5) is 0. The fourth-order valence-electron chi connectivity index (χ4n) is 2.22. The number of nitrogens with two attached hydrogens (primary N) is 1. The number of aromatic nitrogens is 2. The van der Waals surface area contributed by atoms with Crippen molar-refractivity contribution in [3.05, 3.63) is 64.4 Å². The Balaban J connectivity index is 2.03. The zero-order chi connectivity index (χ0) is 13.4. The van der Waals surface area contributed by atoms with Gasteiger partial charge in [-0.2, -0.15) is 5.10 Å². The standard InChI is InChI=1S/C15H14BrN3/c1-19-9-13(8-18-19)15(17)12-3-2-11-7-14(16)5-4-10(11)6-12/h2-9,15H,17H2,1H3. The Morgan fingerprint density at radius 3 is 2.58 bits per heavy atom. The quantitative estimate of drug-likeness (QED) is 0.787. The van der Waals surface area contributed by atoms with Gasteiger partial charge in [0.1, 0.15) is 0 Å². The molecule has 1 unspecified atom stereocenters. The van der Waals surface area contributed by atoms with Crippen LogP contribution in [-0.2, 0) is 7.05 Å². The SMILES string of the molecule is Cn1cc(C(N)c2ccc3cc(Br)ccc3c2)cn1. The predicted octanol–water partition coefficient (Wildman–Crippen LogP) is 3.38. The number of halogens is 1. The van der Waals surface area contributed by atoms with E-state index in [0.29, 0.717) is 0 Å². The highest BCUT2D eigenvalue weighted by Crippen LogP contribution is 2.25. The van der Waals surface area contributed by atoms with Crippen LogP contribution in [0.15, 0.2) is 53.3 Å². The van der Waals surface area contributed by atoms with Crippen molar-refractivity contribution in [2.75, 3.05) is 0 Å². The van der Waals surface area contributed by atoms with Crippen LogP contribution in [0.3, 0.4) is 0 Å². The minimum Gasteiger partial charge on any atom is -0.320 e. The van der Waals surface area contributed by atoms with E-state index in [1.807, 2.05) is 25.5 Å². The van der Waals surface area contributed by atoms with Crippen LogP contribution in [0.25, 0.3) is 10.8 Å². The van der Waals surface area contributed by atoms with Crippen molar-refractivity contribution in [3.63, 3.8) is 0 Å². The summed E-state index contributed by atoms with van der Waals surface area (Å²) < 4.78 is 2.86. The molecule has 0 aliphatic carbocycles. The van der Waals surface area contributed by atoms with Crippen LogP contribution < -0.4 is 5.73 Å². The Morgan fingerprint density at radius 1 is 1.11 bits per heavy atom. The first-order valence-corrected chi connectivity index (χ1v) is 6.86. The molecule has 0 bridgehead atoms. The van der Waals surface area contributed by atoms with E-state index >= 15 is 0 Å². The largest absolute Gasteiger partial charge is 0.320 e. The molecule has 1 aromatic heterocycles. The number of fused-ring (bicyclic) bond motifs is 1. The highest BCUT2D eigenvalue weighted by atomic mass is 79.9. The van der Waals surface area contributed by atoms with Crippen molar-refractivity contribution >= 4 is 26.7 Å². The van der Waals surface area contributed by atoms with Gasteiger partial charge in [0.15, 0.2) is 0 Å². The molecule has 4 heteroatoms.